The largest absolute Gasteiger partial charge is 0.461 e. The average Bonchev–Trinajstić information content (AvgIpc) is 3.47. The normalized spacial score (nSPS) is 24.0. The summed E-state index contributed by atoms with van der Waals surface area (Å²) in [5.41, 5.74) is 0.220. The van der Waals surface area contributed by atoms with E-state index in [-0.39, 0.29) is 23.7 Å². The minimum Gasteiger partial charge on any atom is -0.461 e. The van der Waals surface area contributed by atoms with Crippen LogP contribution >= 0.6 is 0 Å². The summed E-state index contributed by atoms with van der Waals surface area (Å²) < 4.78 is 36.6. The molecular weight excluding hydrogens is 392 g/mol. The molecule has 2 aliphatic heterocycles. The van der Waals surface area contributed by atoms with Crippen LogP contribution in [0.3, 0.4) is 0 Å². The molecular formula is C21H20N2O5S. The lowest BCUT2D eigenvalue weighted by molar-refractivity contribution is 0.0587. The van der Waals surface area contributed by atoms with Crippen molar-refractivity contribution in [2.75, 3.05) is 0 Å². The Morgan fingerprint density at radius 2 is 1.72 bits per heavy atom. The number of benzene rings is 1. The first-order valence-corrected chi connectivity index (χ1v) is 11.2. The van der Waals surface area contributed by atoms with E-state index in [0.717, 1.165) is 12.8 Å². The van der Waals surface area contributed by atoms with Crippen LogP contribution < -0.4 is 0 Å². The monoisotopic (exact) mass is 412 g/mol. The zero-order valence-corrected chi connectivity index (χ0v) is 16.4. The SMILES string of the molecule is O=C(c1cc(-c2ccco2)on1)N1C2CCC1CC(S(=O)(=O)c1ccccc1)C2. The highest BCUT2D eigenvalue weighted by molar-refractivity contribution is 7.92. The van der Waals surface area contributed by atoms with Crippen molar-refractivity contribution in [2.24, 2.45) is 0 Å². The summed E-state index contributed by atoms with van der Waals surface area (Å²) in [6, 6.07) is 13.4. The molecule has 2 aliphatic rings. The smallest absolute Gasteiger partial charge is 0.276 e. The highest BCUT2D eigenvalue weighted by Gasteiger charge is 2.47. The Hall–Kier alpha value is -2.87. The highest BCUT2D eigenvalue weighted by atomic mass is 32.2. The molecule has 4 heterocycles. The molecule has 2 atom stereocenters. The van der Waals surface area contributed by atoms with E-state index in [9.17, 15) is 13.2 Å². The number of piperidine rings is 1. The summed E-state index contributed by atoms with van der Waals surface area (Å²) in [5.74, 6) is 0.689. The molecule has 2 unspecified atom stereocenters. The van der Waals surface area contributed by atoms with Crippen molar-refractivity contribution in [1.29, 1.82) is 0 Å². The predicted octanol–water partition coefficient (Wildman–Crippen LogP) is 3.54. The maximum Gasteiger partial charge on any atom is 0.276 e. The van der Waals surface area contributed by atoms with Gasteiger partial charge in [0.1, 0.15) is 0 Å². The second-order valence-corrected chi connectivity index (χ2v) is 9.83. The van der Waals surface area contributed by atoms with Gasteiger partial charge in [-0.3, -0.25) is 4.79 Å². The quantitative estimate of drug-likeness (QED) is 0.651. The summed E-state index contributed by atoms with van der Waals surface area (Å²) in [7, 11) is -3.41. The van der Waals surface area contributed by atoms with Gasteiger partial charge in [0.2, 0.25) is 5.76 Å². The molecule has 2 bridgehead atoms. The van der Waals surface area contributed by atoms with Crippen molar-refractivity contribution in [2.45, 2.75) is 47.9 Å². The molecule has 2 fully saturated rings. The number of amides is 1. The molecule has 29 heavy (non-hydrogen) atoms. The van der Waals surface area contributed by atoms with Gasteiger partial charge in [-0.25, -0.2) is 8.42 Å². The number of aromatic nitrogens is 1. The van der Waals surface area contributed by atoms with E-state index in [1.807, 2.05) is 0 Å². The van der Waals surface area contributed by atoms with Gasteiger partial charge in [0, 0.05) is 18.2 Å². The topological polar surface area (TPSA) is 93.6 Å². The van der Waals surface area contributed by atoms with Gasteiger partial charge in [0.25, 0.3) is 5.91 Å². The summed E-state index contributed by atoms with van der Waals surface area (Å²) in [4.78, 5) is 15.3. The van der Waals surface area contributed by atoms with Crippen molar-refractivity contribution < 1.29 is 22.2 Å². The number of carbonyl (C=O) groups is 1. The molecule has 2 aromatic heterocycles. The molecule has 150 valence electrons. The summed E-state index contributed by atoms with van der Waals surface area (Å²) in [6.45, 7) is 0. The third-order valence-corrected chi connectivity index (χ3v) is 8.12. The lowest BCUT2D eigenvalue weighted by Gasteiger charge is -2.38. The van der Waals surface area contributed by atoms with Crippen LogP contribution in [0.1, 0.15) is 36.2 Å². The first kappa shape index (κ1) is 18.2. The number of hydrogen-bond acceptors (Lipinski definition) is 6. The Morgan fingerprint density at radius 3 is 2.38 bits per heavy atom. The number of sulfone groups is 1. The van der Waals surface area contributed by atoms with Crippen LogP contribution in [0.4, 0.5) is 0 Å². The summed E-state index contributed by atoms with van der Waals surface area (Å²) in [5, 5.41) is 3.44. The molecule has 8 heteroatoms. The van der Waals surface area contributed by atoms with Crippen LogP contribution in [0.5, 0.6) is 0 Å². The number of nitrogens with zero attached hydrogens (tertiary/aromatic N) is 2. The van der Waals surface area contributed by atoms with E-state index in [0.29, 0.717) is 29.3 Å². The van der Waals surface area contributed by atoms with E-state index in [1.54, 1.807) is 53.4 Å². The van der Waals surface area contributed by atoms with E-state index in [1.165, 1.54) is 6.26 Å². The molecule has 1 aromatic carbocycles. The van der Waals surface area contributed by atoms with Crippen molar-refractivity contribution in [3.05, 3.63) is 60.5 Å². The van der Waals surface area contributed by atoms with Gasteiger partial charge >= 0.3 is 0 Å². The fourth-order valence-corrected chi connectivity index (χ4v) is 6.43. The lowest BCUT2D eigenvalue weighted by Crippen LogP contribution is -2.49. The number of carbonyl (C=O) groups excluding carboxylic acids is 1. The number of furan rings is 1. The van der Waals surface area contributed by atoms with Gasteiger partial charge in [-0.05, 0) is 49.9 Å². The molecule has 0 saturated carbocycles. The molecule has 3 aromatic rings. The molecule has 0 N–H and O–H groups in total. The average molecular weight is 412 g/mol. The van der Waals surface area contributed by atoms with Gasteiger partial charge in [-0.2, -0.15) is 0 Å². The van der Waals surface area contributed by atoms with Gasteiger partial charge in [-0.15, -0.1) is 0 Å². The molecule has 0 aliphatic carbocycles. The third kappa shape index (κ3) is 3.07. The van der Waals surface area contributed by atoms with Crippen molar-refractivity contribution in [3.63, 3.8) is 0 Å². The van der Waals surface area contributed by atoms with E-state index in [4.69, 9.17) is 8.94 Å². The molecule has 0 spiro atoms. The molecule has 2 saturated heterocycles. The summed E-state index contributed by atoms with van der Waals surface area (Å²) >= 11 is 0. The van der Waals surface area contributed by atoms with Crippen molar-refractivity contribution >= 4 is 15.7 Å². The minimum absolute atomic E-state index is 0.103. The van der Waals surface area contributed by atoms with Crippen molar-refractivity contribution in [3.8, 4) is 11.5 Å². The van der Waals surface area contributed by atoms with E-state index in [2.05, 4.69) is 5.16 Å². The zero-order chi connectivity index (χ0) is 20.0. The van der Waals surface area contributed by atoms with Crippen LogP contribution in [0, 0.1) is 0 Å². The fraction of sp³-hybridized carbons (Fsp3) is 0.333. The number of rotatable bonds is 4. The third-order valence-electron chi connectivity index (χ3n) is 5.93. The Kier molecular flexibility index (Phi) is 4.31. The maximum atomic E-state index is 13.1. The van der Waals surface area contributed by atoms with E-state index < -0.39 is 15.1 Å². The number of fused-ring (bicyclic) bond motifs is 2. The van der Waals surface area contributed by atoms with Gasteiger partial charge in [0.15, 0.2) is 21.3 Å². The Labute approximate surface area is 168 Å². The van der Waals surface area contributed by atoms with Gasteiger partial charge in [-0.1, -0.05) is 23.4 Å². The van der Waals surface area contributed by atoms with Crippen LogP contribution in [-0.4, -0.2) is 41.7 Å². The second kappa shape index (κ2) is 6.88. The predicted molar refractivity (Wildman–Crippen MR) is 104 cm³/mol. The fourth-order valence-electron chi connectivity index (χ4n) is 4.56. The van der Waals surface area contributed by atoms with Gasteiger partial charge < -0.3 is 13.8 Å². The molecule has 5 rings (SSSR count). The first-order chi connectivity index (χ1) is 14.0. The molecule has 1 amide bonds. The minimum atomic E-state index is -3.41. The van der Waals surface area contributed by atoms with Crippen LogP contribution in [-0.2, 0) is 9.84 Å². The zero-order valence-electron chi connectivity index (χ0n) is 15.6. The standard InChI is InChI=1S/C21H20N2O5S/c24-21(18-13-20(28-22-18)19-7-4-10-27-19)23-14-8-9-15(23)12-17(11-14)29(25,26)16-5-2-1-3-6-16/h1-7,10,13-15,17H,8-9,11-12H2. The van der Waals surface area contributed by atoms with Crippen LogP contribution in [0.25, 0.3) is 11.5 Å². The molecule has 7 nitrogen and oxygen atoms in total. The van der Waals surface area contributed by atoms with E-state index >= 15 is 0 Å². The van der Waals surface area contributed by atoms with Crippen LogP contribution in [0.2, 0.25) is 0 Å². The van der Waals surface area contributed by atoms with Gasteiger partial charge in [0.05, 0.1) is 16.4 Å². The molecule has 0 radical (unpaired) electrons. The second-order valence-electron chi connectivity index (χ2n) is 7.60. The Balaban J connectivity index is 1.36. The number of hydrogen-bond donors (Lipinski definition) is 0. The lowest BCUT2D eigenvalue weighted by atomic mass is 10.0. The van der Waals surface area contributed by atoms with Crippen molar-refractivity contribution in [1.82, 2.24) is 10.1 Å². The Morgan fingerprint density at radius 1 is 1.00 bits per heavy atom. The Bertz CT molecular complexity index is 1110. The van der Waals surface area contributed by atoms with Crippen LogP contribution in [0.15, 0.2) is 68.6 Å². The first-order valence-electron chi connectivity index (χ1n) is 9.66. The summed E-state index contributed by atoms with van der Waals surface area (Å²) in [6.07, 6.45) is 4.03. The highest BCUT2D eigenvalue weighted by Crippen LogP contribution is 2.40. The maximum absolute atomic E-state index is 13.1.